The van der Waals surface area contributed by atoms with Crippen LogP contribution in [0.2, 0.25) is 0 Å². The third-order valence-corrected chi connectivity index (χ3v) is 3.94. The van der Waals surface area contributed by atoms with Gasteiger partial charge in [0, 0.05) is 12.5 Å². The zero-order valence-electron chi connectivity index (χ0n) is 10.5. The van der Waals surface area contributed by atoms with E-state index >= 15 is 0 Å². The second kappa shape index (κ2) is 5.45. The number of hydrogen-bond donors (Lipinski definition) is 2. The Morgan fingerprint density at radius 3 is 2.75 bits per heavy atom. The van der Waals surface area contributed by atoms with Crippen LogP contribution in [0.4, 0.5) is 8.78 Å². The number of halogens is 2. The smallest absolute Gasteiger partial charge is 0.223 e. The molecule has 1 aromatic carbocycles. The van der Waals surface area contributed by atoms with Gasteiger partial charge in [-0.1, -0.05) is 0 Å². The number of nitrogens with two attached hydrogens (primary N) is 1. The summed E-state index contributed by atoms with van der Waals surface area (Å²) in [6, 6.07) is 3.12. The number of carbonyl (C=O) groups is 1. The minimum absolute atomic E-state index is 0.0908. The number of nitrogens with one attached hydrogen (secondary N) is 1. The van der Waals surface area contributed by atoms with Crippen LogP contribution in [0.15, 0.2) is 18.2 Å². The number of amides is 1. The molecule has 0 bridgehead atoms. The van der Waals surface area contributed by atoms with Crippen molar-refractivity contribution in [3.05, 3.63) is 35.4 Å². The number of hydrogen-bond acceptors (Lipinski definition) is 3. The summed E-state index contributed by atoms with van der Waals surface area (Å²) < 4.78 is 48.0. The molecule has 2 rings (SSSR count). The number of rotatable bonds is 5. The van der Waals surface area contributed by atoms with Crippen molar-refractivity contribution in [3.63, 3.8) is 0 Å². The largest absolute Gasteiger partial charge is 0.355 e. The topological polar surface area (TPSA) is 89.3 Å². The van der Waals surface area contributed by atoms with Gasteiger partial charge in [-0.05, 0) is 36.1 Å². The highest BCUT2D eigenvalue weighted by Gasteiger charge is 2.45. The van der Waals surface area contributed by atoms with Crippen LogP contribution in [-0.4, -0.2) is 26.6 Å². The van der Waals surface area contributed by atoms with Crippen LogP contribution in [0.25, 0.3) is 0 Å². The van der Waals surface area contributed by atoms with E-state index in [-0.39, 0.29) is 29.7 Å². The maximum atomic E-state index is 13.5. The Labute approximate surface area is 115 Å². The van der Waals surface area contributed by atoms with Gasteiger partial charge in [0.1, 0.15) is 11.6 Å². The Morgan fingerprint density at radius 1 is 1.40 bits per heavy atom. The highest BCUT2D eigenvalue weighted by Crippen LogP contribution is 2.48. The molecule has 0 saturated heterocycles. The molecule has 0 radical (unpaired) electrons. The van der Waals surface area contributed by atoms with Crippen molar-refractivity contribution in [2.75, 3.05) is 12.3 Å². The fourth-order valence-corrected chi connectivity index (χ4v) is 2.46. The summed E-state index contributed by atoms with van der Waals surface area (Å²) in [5, 5.41) is 7.22. The minimum atomic E-state index is -3.63. The van der Waals surface area contributed by atoms with Crippen LogP contribution in [0.3, 0.4) is 0 Å². The predicted molar refractivity (Wildman–Crippen MR) is 68.2 cm³/mol. The third kappa shape index (κ3) is 3.73. The van der Waals surface area contributed by atoms with E-state index in [0.717, 1.165) is 18.2 Å². The summed E-state index contributed by atoms with van der Waals surface area (Å²) in [6.07, 6.45) is 0.418. The minimum Gasteiger partial charge on any atom is -0.355 e. The fraction of sp³-hybridized carbons (Fsp3) is 0.417. The van der Waals surface area contributed by atoms with Crippen molar-refractivity contribution in [2.24, 2.45) is 11.1 Å². The van der Waals surface area contributed by atoms with Crippen LogP contribution < -0.4 is 10.5 Å². The van der Waals surface area contributed by atoms with E-state index in [1.165, 1.54) is 0 Å². The van der Waals surface area contributed by atoms with E-state index in [9.17, 15) is 22.0 Å². The van der Waals surface area contributed by atoms with E-state index in [4.69, 9.17) is 5.14 Å². The highest BCUT2D eigenvalue weighted by atomic mass is 32.2. The average Bonchev–Trinajstić information content (AvgIpc) is 3.10. The molecule has 1 amide bonds. The van der Waals surface area contributed by atoms with Gasteiger partial charge in [0.2, 0.25) is 15.9 Å². The lowest BCUT2D eigenvalue weighted by Crippen LogP contribution is -2.32. The summed E-state index contributed by atoms with van der Waals surface area (Å²) >= 11 is 0. The highest BCUT2D eigenvalue weighted by molar-refractivity contribution is 7.89. The molecule has 0 aliphatic heterocycles. The molecule has 2 atom stereocenters. The number of sulfonamides is 1. The molecule has 1 fully saturated rings. The van der Waals surface area contributed by atoms with Crippen molar-refractivity contribution in [1.82, 2.24) is 5.32 Å². The molecule has 20 heavy (non-hydrogen) atoms. The van der Waals surface area contributed by atoms with E-state index in [0.29, 0.717) is 6.42 Å². The molecule has 5 nitrogen and oxygen atoms in total. The second-order valence-corrected chi connectivity index (χ2v) is 6.51. The molecule has 1 aliphatic rings. The van der Waals surface area contributed by atoms with E-state index in [1.54, 1.807) is 0 Å². The second-order valence-electron chi connectivity index (χ2n) is 4.77. The maximum absolute atomic E-state index is 13.5. The van der Waals surface area contributed by atoms with Crippen molar-refractivity contribution < 1.29 is 22.0 Å². The molecule has 0 heterocycles. The van der Waals surface area contributed by atoms with Crippen molar-refractivity contribution in [3.8, 4) is 0 Å². The first-order chi connectivity index (χ1) is 9.28. The Balaban J connectivity index is 1.91. The van der Waals surface area contributed by atoms with Gasteiger partial charge in [-0.15, -0.1) is 0 Å². The summed E-state index contributed by atoms with van der Waals surface area (Å²) in [5.74, 6) is -2.64. The van der Waals surface area contributed by atoms with E-state index in [1.807, 2.05) is 0 Å². The molecule has 8 heteroatoms. The number of benzene rings is 1. The van der Waals surface area contributed by atoms with Crippen LogP contribution in [0, 0.1) is 17.6 Å². The molecule has 1 aliphatic carbocycles. The monoisotopic (exact) mass is 304 g/mol. The standard InChI is InChI=1S/C12H14F2N2O3S/c13-7-1-2-11(14)9(5-7)8-6-10(8)12(17)16-3-4-20(15,18)19/h1-2,5,8,10H,3-4,6H2,(H,16,17)(H2,15,18,19)/t8-,10-/m0/s1. The molecule has 110 valence electrons. The fourth-order valence-electron chi connectivity index (χ4n) is 2.07. The van der Waals surface area contributed by atoms with E-state index < -0.39 is 27.6 Å². The summed E-state index contributed by atoms with van der Waals surface area (Å²) in [7, 11) is -3.63. The first-order valence-electron chi connectivity index (χ1n) is 6.01. The molecule has 0 unspecified atom stereocenters. The summed E-state index contributed by atoms with van der Waals surface area (Å²) in [6.45, 7) is -0.0908. The normalized spacial score (nSPS) is 21.6. The quantitative estimate of drug-likeness (QED) is 0.829. The first-order valence-corrected chi connectivity index (χ1v) is 7.72. The van der Waals surface area contributed by atoms with Crippen molar-refractivity contribution in [1.29, 1.82) is 0 Å². The molecule has 3 N–H and O–H groups in total. The van der Waals surface area contributed by atoms with Crippen LogP contribution in [0.5, 0.6) is 0 Å². The maximum Gasteiger partial charge on any atom is 0.223 e. The van der Waals surface area contributed by atoms with Crippen LogP contribution in [-0.2, 0) is 14.8 Å². The van der Waals surface area contributed by atoms with Gasteiger partial charge in [-0.25, -0.2) is 22.3 Å². The SMILES string of the molecule is NS(=O)(=O)CCNC(=O)[C@H]1C[C@H]1c1cc(F)ccc1F. The Hall–Kier alpha value is -1.54. The first kappa shape index (κ1) is 14.9. The lowest BCUT2D eigenvalue weighted by molar-refractivity contribution is -0.122. The lowest BCUT2D eigenvalue weighted by atomic mass is 10.1. The molecule has 0 aromatic heterocycles. The Kier molecular flexibility index (Phi) is 4.05. The lowest BCUT2D eigenvalue weighted by Gasteiger charge is -2.05. The molecule has 1 saturated carbocycles. The Bertz CT molecular complexity index is 634. The zero-order chi connectivity index (χ0) is 14.9. The zero-order valence-corrected chi connectivity index (χ0v) is 11.3. The molecular formula is C12H14F2N2O3S. The summed E-state index contributed by atoms with van der Waals surface area (Å²) in [5.41, 5.74) is 0.177. The molecule has 0 spiro atoms. The summed E-state index contributed by atoms with van der Waals surface area (Å²) in [4.78, 5) is 11.7. The Morgan fingerprint density at radius 2 is 2.10 bits per heavy atom. The predicted octanol–water partition coefficient (Wildman–Crippen LogP) is 0.473. The van der Waals surface area contributed by atoms with Crippen molar-refractivity contribution in [2.45, 2.75) is 12.3 Å². The van der Waals surface area contributed by atoms with Crippen LogP contribution >= 0.6 is 0 Å². The van der Waals surface area contributed by atoms with E-state index in [2.05, 4.69) is 5.32 Å². The van der Waals surface area contributed by atoms with Gasteiger partial charge in [0.15, 0.2) is 0 Å². The van der Waals surface area contributed by atoms with Gasteiger partial charge >= 0.3 is 0 Å². The molecule has 1 aromatic rings. The molecular weight excluding hydrogens is 290 g/mol. The number of primary sulfonamides is 1. The number of carbonyl (C=O) groups excluding carboxylic acids is 1. The van der Waals surface area contributed by atoms with Crippen LogP contribution in [0.1, 0.15) is 17.9 Å². The van der Waals surface area contributed by atoms with Gasteiger partial charge in [-0.3, -0.25) is 4.79 Å². The van der Waals surface area contributed by atoms with Gasteiger partial charge in [-0.2, -0.15) is 0 Å². The van der Waals surface area contributed by atoms with Crippen molar-refractivity contribution >= 4 is 15.9 Å². The average molecular weight is 304 g/mol. The third-order valence-electron chi connectivity index (χ3n) is 3.17. The van der Waals surface area contributed by atoms with Gasteiger partial charge in [0.25, 0.3) is 0 Å². The van der Waals surface area contributed by atoms with Gasteiger partial charge < -0.3 is 5.32 Å². The van der Waals surface area contributed by atoms with Gasteiger partial charge in [0.05, 0.1) is 5.75 Å².